The van der Waals surface area contributed by atoms with Crippen LogP contribution in [0.1, 0.15) is 5.56 Å². The van der Waals surface area contributed by atoms with Gasteiger partial charge in [-0.3, -0.25) is 0 Å². The number of rotatable bonds is 0. The Kier molecular flexibility index (Phi) is 2.00. The summed E-state index contributed by atoms with van der Waals surface area (Å²) in [6, 6.07) is 6.08. The van der Waals surface area contributed by atoms with Crippen LogP contribution in [-0.2, 0) is 0 Å². The second-order valence-electron chi connectivity index (χ2n) is 2.72. The van der Waals surface area contributed by atoms with Crippen molar-refractivity contribution in [2.24, 2.45) is 0 Å². The Hall–Kier alpha value is -0.290. The molecule has 0 saturated carbocycles. The molecule has 0 atom stereocenters. The Labute approximate surface area is 88.7 Å². The summed E-state index contributed by atoms with van der Waals surface area (Å²) in [5.74, 6) is 0. The lowest BCUT2D eigenvalue weighted by molar-refractivity contribution is 1.57. The van der Waals surface area contributed by atoms with Gasteiger partial charge in [0.1, 0.15) is 0 Å². The van der Waals surface area contributed by atoms with Crippen molar-refractivity contribution >= 4 is 49.7 Å². The number of hydrogen-bond donors (Lipinski definition) is 1. The van der Waals surface area contributed by atoms with Crippen LogP contribution in [0.3, 0.4) is 0 Å². The third-order valence-electron chi connectivity index (χ3n) is 1.94. The van der Waals surface area contributed by atoms with Gasteiger partial charge in [-0.2, -0.15) is 0 Å². The van der Waals surface area contributed by atoms with Crippen LogP contribution in [0.25, 0.3) is 10.1 Å². The molecule has 2 rings (SSSR count). The Balaban J connectivity index is 2.95. The highest BCUT2D eigenvalue weighted by molar-refractivity contribution is 14.1. The van der Waals surface area contributed by atoms with E-state index >= 15 is 0 Å². The second kappa shape index (κ2) is 2.88. The first-order valence-corrected chi connectivity index (χ1v) is 5.53. The third-order valence-corrected chi connectivity index (χ3v) is 4.55. The highest BCUT2D eigenvalue weighted by Crippen LogP contribution is 2.34. The molecule has 3 heteroatoms. The summed E-state index contributed by atoms with van der Waals surface area (Å²) in [6.45, 7) is 2.14. The number of anilines is 1. The lowest BCUT2D eigenvalue weighted by Crippen LogP contribution is -1.82. The topological polar surface area (TPSA) is 26.0 Å². The van der Waals surface area contributed by atoms with Crippen LogP contribution < -0.4 is 5.73 Å². The zero-order valence-corrected chi connectivity index (χ0v) is 9.57. The van der Waals surface area contributed by atoms with Gasteiger partial charge in [0.2, 0.25) is 0 Å². The molecule has 0 amide bonds. The Morgan fingerprint density at radius 2 is 2.17 bits per heavy atom. The van der Waals surface area contributed by atoms with E-state index in [4.69, 9.17) is 5.73 Å². The Morgan fingerprint density at radius 1 is 1.42 bits per heavy atom. The van der Waals surface area contributed by atoms with Crippen molar-refractivity contribution < 1.29 is 0 Å². The maximum absolute atomic E-state index is 5.85. The molecular formula is C9H8INS. The lowest BCUT2D eigenvalue weighted by Gasteiger charge is -1.93. The lowest BCUT2D eigenvalue weighted by atomic mass is 10.2. The monoisotopic (exact) mass is 289 g/mol. The molecule has 0 aliphatic rings. The standard InChI is InChI=1S/C9H8INS/c1-5-6-3-2-4-7(11)8(6)12-9(5)10/h2-4H,11H2,1H3. The van der Waals surface area contributed by atoms with Crippen LogP contribution in [0.5, 0.6) is 0 Å². The van der Waals surface area contributed by atoms with Crippen LogP contribution in [0, 0.1) is 9.81 Å². The van der Waals surface area contributed by atoms with Gasteiger partial charge in [0.25, 0.3) is 0 Å². The van der Waals surface area contributed by atoms with Gasteiger partial charge in [0.05, 0.1) is 7.58 Å². The Bertz CT molecular complexity index is 433. The number of aryl methyl sites for hydroxylation is 1. The molecule has 1 aromatic carbocycles. The average Bonchev–Trinajstić information content (AvgIpc) is 2.32. The summed E-state index contributed by atoms with van der Waals surface area (Å²) in [7, 11) is 0. The fourth-order valence-corrected chi connectivity index (χ4v) is 3.15. The molecule has 0 saturated heterocycles. The van der Waals surface area contributed by atoms with Gasteiger partial charge >= 0.3 is 0 Å². The van der Waals surface area contributed by atoms with Crippen LogP contribution >= 0.6 is 33.9 Å². The molecule has 0 bridgehead atoms. The van der Waals surface area contributed by atoms with E-state index in [0.717, 1.165) is 5.69 Å². The van der Waals surface area contributed by atoms with Gasteiger partial charge in [-0.1, -0.05) is 12.1 Å². The largest absolute Gasteiger partial charge is 0.398 e. The van der Waals surface area contributed by atoms with Crippen molar-refractivity contribution in [2.75, 3.05) is 5.73 Å². The van der Waals surface area contributed by atoms with E-state index in [-0.39, 0.29) is 0 Å². The first-order valence-electron chi connectivity index (χ1n) is 3.63. The number of benzene rings is 1. The van der Waals surface area contributed by atoms with Gasteiger partial charge in [0, 0.05) is 5.69 Å². The number of nitrogens with two attached hydrogens (primary N) is 1. The summed E-state index contributed by atoms with van der Waals surface area (Å²) in [4.78, 5) is 0. The molecule has 1 heterocycles. The molecule has 2 N–H and O–H groups in total. The minimum atomic E-state index is 0.892. The minimum absolute atomic E-state index is 0.892. The molecule has 1 nitrogen and oxygen atoms in total. The summed E-state index contributed by atoms with van der Waals surface area (Å²) in [5.41, 5.74) is 8.09. The number of hydrogen-bond acceptors (Lipinski definition) is 2. The summed E-state index contributed by atoms with van der Waals surface area (Å²) < 4.78 is 2.56. The van der Waals surface area contributed by atoms with E-state index in [1.165, 1.54) is 18.5 Å². The number of fused-ring (bicyclic) bond motifs is 1. The van der Waals surface area contributed by atoms with Crippen molar-refractivity contribution in [1.82, 2.24) is 0 Å². The molecular weight excluding hydrogens is 281 g/mol. The van der Waals surface area contributed by atoms with Gasteiger partial charge in [-0.15, -0.1) is 11.3 Å². The SMILES string of the molecule is Cc1c(I)sc2c(N)cccc12. The quantitative estimate of drug-likeness (QED) is 0.584. The first kappa shape index (κ1) is 8.31. The minimum Gasteiger partial charge on any atom is -0.398 e. The zero-order chi connectivity index (χ0) is 8.72. The number of nitrogen functional groups attached to an aromatic ring is 1. The van der Waals surface area contributed by atoms with Gasteiger partial charge in [-0.05, 0) is 46.5 Å². The number of halogens is 1. The molecule has 0 fully saturated rings. The van der Waals surface area contributed by atoms with Gasteiger partial charge in [-0.25, -0.2) is 0 Å². The van der Waals surface area contributed by atoms with Crippen molar-refractivity contribution in [3.63, 3.8) is 0 Å². The zero-order valence-electron chi connectivity index (χ0n) is 6.60. The fraction of sp³-hybridized carbons (Fsp3) is 0.111. The molecule has 0 spiro atoms. The van der Waals surface area contributed by atoms with Gasteiger partial charge in [0.15, 0.2) is 0 Å². The maximum atomic E-state index is 5.85. The molecule has 2 aromatic rings. The molecule has 62 valence electrons. The average molecular weight is 289 g/mol. The van der Waals surface area contributed by atoms with Crippen molar-refractivity contribution in [2.45, 2.75) is 6.92 Å². The van der Waals surface area contributed by atoms with Crippen LogP contribution in [0.2, 0.25) is 0 Å². The third kappa shape index (κ3) is 1.11. The van der Waals surface area contributed by atoms with Crippen molar-refractivity contribution in [1.29, 1.82) is 0 Å². The highest BCUT2D eigenvalue weighted by atomic mass is 127. The van der Waals surface area contributed by atoms with E-state index in [9.17, 15) is 0 Å². The fourth-order valence-electron chi connectivity index (χ4n) is 1.24. The smallest absolute Gasteiger partial charge is 0.0695 e. The van der Waals surface area contributed by atoms with Gasteiger partial charge < -0.3 is 5.73 Å². The summed E-state index contributed by atoms with van der Waals surface area (Å²) >= 11 is 4.12. The van der Waals surface area contributed by atoms with Crippen LogP contribution in [-0.4, -0.2) is 0 Å². The second-order valence-corrected chi connectivity index (χ2v) is 5.56. The maximum Gasteiger partial charge on any atom is 0.0695 e. The van der Waals surface area contributed by atoms with E-state index in [0.29, 0.717) is 0 Å². The normalized spacial score (nSPS) is 10.8. The van der Waals surface area contributed by atoms with Crippen molar-refractivity contribution in [3.8, 4) is 0 Å². The summed E-state index contributed by atoms with van der Waals surface area (Å²) in [5, 5.41) is 1.30. The molecule has 0 aliphatic carbocycles. The van der Waals surface area contributed by atoms with E-state index in [2.05, 4.69) is 35.6 Å². The van der Waals surface area contributed by atoms with Crippen LogP contribution in [0.15, 0.2) is 18.2 Å². The first-order chi connectivity index (χ1) is 5.70. The van der Waals surface area contributed by atoms with Crippen LogP contribution in [0.4, 0.5) is 5.69 Å². The predicted molar refractivity (Wildman–Crippen MR) is 63.7 cm³/mol. The summed E-state index contributed by atoms with van der Waals surface area (Å²) in [6.07, 6.45) is 0. The predicted octanol–water partition coefficient (Wildman–Crippen LogP) is 3.40. The molecule has 1 aromatic heterocycles. The Morgan fingerprint density at radius 3 is 2.83 bits per heavy atom. The molecule has 0 unspecified atom stereocenters. The van der Waals surface area contributed by atoms with Crippen molar-refractivity contribution in [3.05, 3.63) is 26.6 Å². The number of thiophene rings is 1. The van der Waals surface area contributed by atoms with E-state index in [1.54, 1.807) is 11.3 Å². The van der Waals surface area contributed by atoms with E-state index < -0.39 is 0 Å². The molecule has 12 heavy (non-hydrogen) atoms. The highest BCUT2D eigenvalue weighted by Gasteiger charge is 2.06. The molecule has 0 aliphatic heterocycles. The molecule has 0 radical (unpaired) electrons. The van der Waals surface area contributed by atoms with E-state index in [1.807, 2.05) is 12.1 Å².